The Labute approximate surface area is 104 Å². The number of nitrogens with one attached hydrogen (secondary N) is 1. The number of aliphatic hydroxyl groups excluding tert-OH is 1. The first-order valence-electron chi connectivity index (χ1n) is 6.39. The molecule has 0 aliphatic rings. The van der Waals surface area contributed by atoms with Gasteiger partial charge in [0.15, 0.2) is 0 Å². The van der Waals surface area contributed by atoms with Gasteiger partial charge < -0.3 is 15.0 Å². The Morgan fingerprint density at radius 3 is 2.76 bits per heavy atom. The highest BCUT2D eigenvalue weighted by atomic mass is 16.3. The molecule has 0 saturated carbocycles. The van der Waals surface area contributed by atoms with E-state index in [4.69, 9.17) is 0 Å². The fraction of sp³-hybridized carbons (Fsp3) is 0.769. The first-order valence-corrected chi connectivity index (χ1v) is 6.39. The molecule has 4 heteroatoms. The van der Waals surface area contributed by atoms with Crippen molar-refractivity contribution in [1.82, 2.24) is 14.9 Å². The summed E-state index contributed by atoms with van der Waals surface area (Å²) in [5, 5.41) is 12.9. The van der Waals surface area contributed by atoms with E-state index in [9.17, 15) is 5.11 Å². The van der Waals surface area contributed by atoms with Crippen LogP contribution >= 0.6 is 0 Å². The summed E-state index contributed by atoms with van der Waals surface area (Å²) in [7, 11) is 0. The maximum absolute atomic E-state index is 9.54. The molecule has 0 saturated heterocycles. The zero-order valence-corrected chi connectivity index (χ0v) is 11.4. The summed E-state index contributed by atoms with van der Waals surface area (Å²) in [6, 6.07) is 0. The van der Waals surface area contributed by atoms with Gasteiger partial charge in [-0.15, -0.1) is 0 Å². The Bertz CT molecular complexity index is 335. The fourth-order valence-corrected chi connectivity index (χ4v) is 1.92. The molecule has 1 atom stereocenters. The molecule has 98 valence electrons. The van der Waals surface area contributed by atoms with Crippen molar-refractivity contribution in [2.24, 2.45) is 0 Å². The number of aliphatic hydroxyl groups is 1. The highest BCUT2D eigenvalue weighted by Gasteiger charge is 2.24. The molecule has 1 aromatic rings. The van der Waals surface area contributed by atoms with E-state index in [2.05, 4.69) is 35.6 Å². The number of rotatable bonds is 7. The Hall–Kier alpha value is -0.870. The summed E-state index contributed by atoms with van der Waals surface area (Å²) in [6.45, 7) is 10.2. The molecular formula is C13H25N3O. The highest BCUT2D eigenvalue weighted by molar-refractivity contribution is 5.00. The molecule has 0 aromatic carbocycles. The summed E-state index contributed by atoms with van der Waals surface area (Å²) in [5.74, 6) is 1.47. The van der Waals surface area contributed by atoms with Crippen molar-refractivity contribution in [2.75, 3.05) is 13.2 Å². The Morgan fingerprint density at radius 1 is 1.53 bits per heavy atom. The molecular weight excluding hydrogens is 214 g/mol. The number of hydrogen-bond acceptors (Lipinski definition) is 3. The molecule has 0 bridgehead atoms. The lowest BCUT2D eigenvalue weighted by Crippen LogP contribution is -2.49. The molecule has 0 amide bonds. The predicted octanol–water partition coefficient (Wildman–Crippen LogP) is 1.76. The van der Waals surface area contributed by atoms with Crippen LogP contribution in [0.4, 0.5) is 0 Å². The molecule has 1 heterocycles. The van der Waals surface area contributed by atoms with Gasteiger partial charge in [-0.2, -0.15) is 0 Å². The molecule has 0 radical (unpaired) electrons. The molecule has 0 aliphatic heterocycles. The molecule has 0 spiro atoms. The van der Waals surface area contributed by atoms with Crippen molar-refractivity contribution in [2.45, 2.75) is 52.1 Å². The van der Waals surface area contributed by atoms with Crippen LogP contribution in [0.1, 0.15) is 45.9 Å². The lowest BCUT2D eigenvalue weighted by atomic mass is 10.0. The van der Waals surface area contributed by atoms with Gasteiger partial charge >= 0.3 is 0 Å². The smallest absolute Gasteiger partial charge is 0.111 e. The Balaban J connectivity index is 2.76. The van der Waals surface area contributed by atoms with Crippen molar-refractivity contribution >= 4 is 0 Å². The van der Waals surface area contributed by atoms with Crippen molar-refractivity contribution in [3.63, 3.8) is 0 Å². The zero-order chi connectivity index (χ0) is 12.9. The van der Waals surface area contributed by atoms with Crippen LogP contribution in [-0.2, 0) is 6.54 Å². The van der Waals surface area contributed by atoms with E-state index in [1.54, 1.807) is 0 Å². The van der Waals surface area contributed by atoms with E-state index < -0.39 is 0 Å². The topological polar surface area (TPSA) is 50.1 Å². The minimum atomic E-state index is -0.277. The average molecular weight is 239 g/mol. The fourth-order valence-electron chi connectivity index (χ4n) is 1.92. The largest absolute Gasteiger partial charge is 0.394 e. The van der Waals surface area contributed by atoms with E-state index in [0.717, 1.165) is 25.3 Å². The van der Waals surface area contributed by atoms with Crippen molar-refractivity contribution in [3.05, 3.63) is 18.2 Å². The third-order valence-electron chi connectivity index (χ3n) is 2.93. The van der Waals surface area contributed by atoms with Crippen LogP contribution in [0, 0.1) is 0 Å². The number of nitrogens with zero attached hydrogens (tertiary/aromatic N) is 2. The van der Waals surface area contributed by atoms with Crippen molar-refractivity contribution in [3.8, 4) is 0 Å². The van der Waals surface area contributed by atoms with Crippen molar-refractivity contribution < 1.29 is 5.11 Å². The predicted molar refractivity (Wildman–Crippen MR) is 70.1 cm³/mol. The van der Waals surface area contributed by atoms with Crippen LogP contribution < -0.4 is 5.32 Å². The Morgan fingerprint density at radius 2 is 2.24 bits per heavy atom. The lowest BCUT2D eigenvalue weighted by molar-refractivity contribution is 0.156. The second-order valence-electron chi connectivity index (χ2n) is 5.21. The molecule has 0 aliphatic carbocycles. The summed E-state index contributed by atoms with van der Waals surface area (Å²) >= 11 is 0. The van der Waals surface area contributed by atoms with Crippen LogP contribution in [0.3, 0.4) is 0 Å². The van der Waals surface area contributed by atoms with Crippen LogP contribution in [0.5, 0.6) is 0 Å². The first kappa shape index (κ1) is 14.2. The SMILES string of the molecule is CCCNC(C)(CO)Cn1ccnc1C(C)C. The van der Waals surface area contributed by atoms with E-state index in [-0.39, 0.29) is 12.1 Å². The molecule has 4 nitrogen and oxygen atoms in total. The van der Waals surface area contributed by atoms with E-state index in [1.807, 2.05) is 19.3 Å². The molecule has 1 aromatic heterocycles. The van der Waals surface area contributed by atoms with E-state index >= 15 is 0 Å². The second kappa shape index (κ2) is 6.17. The third kappa shape index (κ3) is 3.82. The van der Waals surface area contributed by atoms with Crippen molar-refractivity contribution in [1.29, 1.82) is 0 Å². The highest BCUT2D eigenvalue weighted by Crippen LogP contribution is 2.15. The van der Waals surface area contributed by atoms with Gasteiger partial charge in [0.2, 0.25) is 0 Å². The maximum Gasteiger partial charge on any atom is 0.111 e. The molecule has 1 unspecified atom stereocenters. The molecule has 1 rings (SSSR count). The average Bonchev–Trinajstić information content (AvgIpc) is 2.74. The van der Waals surface area contributed by atoms with Gasteiger partial charge in [-0.05, 0) is 19.9 Å². The van der Waals surface area contributed by atoms with Crippen LogP contribution in [0.25, 0.3) is 0 Å². The summed E-state index contributed by atoms with van der Waals surface area (Å²) < 4.78 is 2.13. The van der Waals surface area contributed by atoms with Crippen LogP contribution in [0.2, 0.25) is 0 Å². The van der Waals surface area contributed by atoms with Gasteiger partial charge in [-0.1, -0.05) is 20.8 Å². The number of imidazole rings is 1. The van der Waals surface area contributed by atoms with Gasteiger partial charge in [0, 0.05) is 24.9 Å². The summed E-state index contributed by atoms with van der Waals surface area (Å²) in [4.78, 5) is 4.37. The quantitative estimate of drug-likeness (QED) is 0.762. The number of aromatic nitrogens is 2. The van der Waals surface area contributed by atoms with Gasteiger partial charge in [0.05, 0.1) is 12.1 Å². The van der Waals surface area contributed by atoms with E-state index in [1.165, 1.54) is 0 Å². The minimum Gasteiger partial charge on any atom is -0.394 e. The van der Waals surface area contributed by atoms with Crippen LogP contribution in [-0.4, -0.2) is 33.3 Å². The zero-order valence-electron chi connectivity index (χ0n) is 11.4. The van der Waals surface area contributed by atoms with E-state index in [0.29, 0.717) is 5.92 Å². The standard InChI is InChI=1S/C13H25N3O/c1-5-6-15-13(4,10-17)9-16-8-7-14-12(16)11(2)3/h7-8,11,15,17H,5-6,9-10H2,1-4H3. The summed E-state index contributed by atoms with van der Waals surface area (Å²) in [5.41, 5.74) is -0.277. The summed E-state index contributed by atoms with van der Waals surface area (Å²) in [6.07, 6.45) is 4.88. The third-order valence-corrected chi connectivity index (χ3v) is 2.93. The van der Waals surface area contributed by atoms with Gasteiger partial charge in [-0.3, -0.25) is 0 Å². The van der Waals surface area contributed by atoms with Gasteiger partial charge in [0.1, 0.15) is 5.82 Å². The van der Waals surface area contributed by atoms with Gasteiger partial charge in [-0.25, -0.2) is 4.98 Å². The normalized spacial score (nSPS) is 15.2. The molecule has 2 N–H and O–H groups in total. The number of hydrogen-bond donors (Lipinski definition) is 2. The monoisotopic (exact) mass is 239 g/mol. The maximum atomic E-state index is 9.54. The van der Waals surface area contributed by atoms with Gasteiger partial charge in [0.25, 0.3) is 0 Å². The lowest BCUT2D eigenvalue weighted by Gasteiger charge is -2.30. The molecule has 0 fully saturated rings. The first-order chi connectivity index (χ1) is 8.02. The molecule has 17 heavy (non-hydrogen) atoms. The Kier molecular flexibility index (Phi) is 5.15. The second-order valence-corrected chi connectivity index (χ2v) is 5.21. The minimum absolute atomic E-state index is 0.128. The van der Waals surface area contributed by atoms with Crippen LogP contribution in [0.15, 0.2) is 12.4 Å².